The van der Waals surface area contributed by atoms with Crippen LogP contribution in [0.4, 0.5) is 11.4 Å². The van der Waals surface area contributed by atoms with Crippen molar-refractivity contribution in [3.05, 3.63) is 28.3 Å². The second-order valence-corrected chi connectivity index (χ2v) is 3.33. The summed E-state index contributed by atoms with van der Waals surface area (Å²) in [5.41, 5.74) is 0.447. The first-order valence-electron chi connectivity index (χ1n) is 4.64. The molecule has 0 saturated heterocycles. The number of methoxy groups -OCH3 is 1. The molecule has 1 aromatic carbocycles. The van der Waals surface area contributed by atoms with Gasteiger partial charge in [0.25, 0.3) is 5.69 Å². The van der Waals surface area contributed by atoms with Gasteiger partial charge in [-0.05, 0) is 6.07 Å². The first kappa shape index (κ1) is 12.3. The highest BCUT2D eigenvalue weighted by molar-refractivity contribution is 5.70. The zero-order valence-electron chi connectivity index (χ0n) is 9.47. The molecule has 0 amide bonds. The Bertz CT molecular complexity index is 379. The van der Waals surface area contributed by atoms with Crippen LogP contribution in [0.3, 0.4) is 0 Å². The van der Waals surface area contributed by atoms with Gasteiger partial charge in [-0.2, -0.15) is 0 Å². The number of rotatable bonds is 5. The van der Waals surface area contributed by atoms with Gasteiger partial charge in [0.1, 0.15) is 0 Å². The lowest BCUT2D eigenvalue weighted by Gasteiger charge is -2.17. The third-order valence-electron chi connectivity index (χ3n) is 1.95. The SMILES string of the molecule is COCOc1cccc([N+](=O)[O-])c1N(C)C. The van der Waals surface area contributed by atoms with Crippen molar-refractivity contribution >= 4 is 11.4 Å². The normalized spacial score (nSPS) is 9.94. The van der Waals surface area contributed by atoms with E-state index in [1.807, 2.05) is 0 Å². The number of nitro groups is 1. The molecule has 0 aliphatic carbocycles. The molecule has 0 fully saturated rings. The number of hydrogen-bond acceptors (Lipinski definition) is 5. The number of hydrogen-bond donors (Lipinski definition) is 0. The fourth-order valence-electron chi connectivity index (χ4n) is 1.35. The van der Waals surface area contributed by atoms with E-state index in [-0.39, 0.29) is 12.5 Å². The third kappa shape index (κ3) is 2.60. The average molecular weight is 226 g/mol. The molecule has 0 atom stereocenters. The van der Waals surface area contributed by atoms with E-state index in [1.165, 1.54) is 13.2 Å². The van der Waals surface area contributed by atoms with Crippen LogP contribution in [0.2, 0.25) is 0 Å². The number of ether oxygens (including phenoxy) is 2. The van der Waals surface area contributed by atoms with Crippen LogP contribution in [0, 0.1) is 10.1 Å². The zero-order chi connectivity index (χ0) is 12.1. The second-order valence-electron chi connectivity index (χ2n) is 3.33. The summed E-state index contributed by atoms with van der Waals surface area (Å²) in [4.78, 5) is 12.1. The van der Waals surface area contributed by atoms with E-state index in [0.29, 0.717) is 11.4 Å². The quantitative estimate of drug-likeness (QED) is 0.434. The van der Waals surface area contributed by atoms with Crippen LogP contribution in [-0.4, -0.2) is 32.9 Å². The van der Waals surface area contributed by atoms with Gasteiger partial charge in [-0.15, -0.1) is 0 Å². The molecule has 0 radical (unpaired) electrons. The molecular weight excluding hydrogens is 212 g/mol. The standard InChI is InChI=1S/C10H14N2O4/c1-11(2)10-8(12(13)14)5-4-6-9(10)16-7-15-3/h4-6H,7H2,1-3H3. The van der Waals surface area contributed by atoms with Crippen LogP contribution in [0.15, 0.2) is 18.2 Å². The number of benzene rings is 1. The lowest BCUT2D eigenvalue weighted by atomic mass is 10.2. The Kier molecular flexibility index (Phi) is 4.07. The van der Waals surface area contributed by atoms with Crippen LogP contribution >= 0.6 is 0 Å². The van der Waals surface area contributed by atoms with Crippen molar-refractivity contribution in [2.24, 2.45) is 0 Å². The number of anilines is 1. The molecule has 0 aromatic heterocycles. The summed E-state index contributed by atoms with van der Waals surface area (Å²) in [7, 11) is 4.94. The van der Waals surface area contributed by atoms with E-state index in [0.717, 1.165) is 0 Å². The van der Waals surface area contributed by atoms with Crippen molar-refractivity contribution in [1.29, 1.82) is 0 Å². The fraction of sp³-hybridized carbons (Fsp3) is 0.400. The van der Waals surface area contributed by atoms with E-state index < -0.39 is 4.92 Å². The van der Waals surface area contributed by atoms with Crippen molar-refractivity contribution in [1.82, 2.24) is 0 Å². The molecule has 0 bridgehead atoms. The summed E-state index contributed by atoms with van der Waals surface area (Å²) in [5, 5.41) is 10.8. The number of nitro benzene ring substituents is 1. The van der Waals surface area contributed by atoms with Gasteiger partial charge >= 0.3 is 0 Å². The van der Waals surface area contributed by atoms with Gasteiger partial charge in [-0.1, -0.05) is 6.07 Å². The molecule has 0 aliphatic rings. The summed E-state index contributed by atoms with van der Waals surface area (Å²) < 4.78 is 10.0. The maximum atomic E-state index is 10.8. The molecule has 0 saturated carbocycles. The Hall–Kier alpha value is -1.82. The van der Waals surface area contributed by atoms with Crippen molar-refractivity contribution in [2.75, 3.05) is 32.9 Å². The van der Waals surface area contributed by atoms with Crippen molar-refractivity contribution < 1.29 is 14.4 Å². The van der Waals surface area contributed by atoms with Crippen LogP contribution in [0.1, 0.15) is 0 Å². The highest BCUT2D eigenvalue weighted by Crippen LogP contribution is 2.36. The smallest absolute Gasteiger partial charge is 0.296 e. The molecule has 1 aromatic rings. The topological polar surface area (TPSA) is 64.8 Å². The summed E-state index contributed by atoms with van der Waals surface area (Å²) in [6, 6.07) is 4.69. The molecule has 1 rings (SSSR count). The molecule has 16 heavy (non-hydrogen) atoms. The predicted octanol–water partition coefficient (Wildman–Crippen LogP) is 1.64. The lowest BCUT2D eigenvalue weighted by Crippen LogP contribution is -2.13. The highest BCUT2D eigenvalue weighted by Gasteiger charge is 2.20. The third-order valence-corrected chi connectivity index (χ3v) is 1.95. The second kappa shape index (κ2) is 5.32. The molecule has 6 nitrogen and oxygen atoms in total. The van der Waals surface area contributed by atoms with Crippen LogP contribution in [0.25, 0.3) is 0 Å². The Morgan fingerprint density at radius 3 is 2.62 bits per heavy atom. The van der Waals surface area contributed by atoms with Crippen LogP contribution in [-0.2, 0) is 4.74 Å². The monoisotopic (exact) mass is 226 g/mol. The Morgan fingerprint density at radius 1 is 1.44 bits per heavy atom. The molecule has 0 heterocycles. The van der Waals surface area contributed by atoms with Gasteiger partial charge in [0.05, 0.1) is 4.92 Å². The van der Waals surface area contributed by atoms with Crippen LogP contribution in [0.5, 0.6) is 5.75 Å². The Labute approximate surface area is 93.5 Å². The van der Waals surface area contributed by atoms with Crippen molar-refractivity contribution in [3.8, 4) is 5.75 Å². The summed E-state index contributed by atoms with van der Waals surface area (Å²) in [6.07, 6.45) is 0. The first-order valence-corrected chi connectivity index (χ1v) is 4.64. The van der Waals surface area contributed by atoms with Crippen molar-refractivity contribution in [2.45, 2.75) is 0 Å². The largest absolute Gasteiger partial charge is 0.465 e. The minimum Gasteiger partial charge on any atom is -0.465 e. The molecule has 0 N–H and O–H groups in total. The maximum Gasteiger partial charge on any atom is 0.296 e. The molecule has 0 spiro atoms. The summed E-state index contributed by atoms with van der Waals surface area (Å²) >= 11 is 0. The molecule has 0 aliphatic heterocycles. The number of para-hydroxylation sites is 1. The highest BCUT2D eigenvalue weighted by atomic mass is 16.7. The molecular formula is C10H14N2O4. The molecule has 6 heteroatoms. The van der Waals surface area contributed by atoms with Gasteiger partial charge in [0, 0.05) is 27.3 Å². The average Bonchev–Trinajstić information content (AvgIpc) is 2.25. The molecule has 0 unspecified atom stereocenters. The summed E-state index contributed by atoms with van der Waals surface area (Å²) in [6.45, 7) is 0.0575. The first-order chi connectivity index (χ1) is 7.57. The van der Waals surface area contributed by atoms with E-state index >= 15 is 0 Å². The van der Waals surface area contributed by atoms with E-state index in [2.05, 4.69) is 0 Å². The maximum absolute atomic E-state index is 10.8. The van der Waals surface area contributed by atoms with Gasteiger partial charge in [-0.25, -0.2) is 0 Å². The predicted molar refractivity (Wildman–Crippen MR) is 59.9 cm³/mol. The van der Waals surface area contributed by atoms with Gasteiger partial charge in [0.2, 0.25) is 0 Å². The van der Waals surface area contributed by atoms with Crippen molar-refractivity contribution in [3.63, 3.8) is 0 Å². The number of nitrogens with zero attached hydrogens (tertiary/aromatic N) is 2. The van der Waals surface area contributed by atoms with Crippen LogP contribution < -0.4 is 9.64 Å². The van der Waals surface area contributed by atoms with E-state index in [4.69, 9.17) is 9.47 Å². The zero-order valence-corrected chi connectivity index (χ0v) is 9.47. The molecule has 88 valence electrons. The van der Waals surface area contributed by atoms with Gasteiger partial charge < -0.3 is 14.4 Å². The Balaban J connectivity index is 3.16. The van der Waals surface area contributed by atoms with Gasteiger partial charge in [-0.3, -0.25) is 10.1 Å². The minimum atomic E-state index is -0.436. The fourth-order valence-corrected chi connectivity index (χ4v) is 1.35. The lowest BCUT2D eigenvalue weighted by molar-refractivity contribution is -0.384. The Morgan fingerprint density at radius 2 is 2.12 bits per heavy atom. The van der Waals surface area contributed by atoms with E-state index in [9.17, 15) is 10.1 Å². The van der Waals surface area contributed by atoms with Gasteiger partial charge in [0.15, 0.2) is 18.2 Å². The van der Waals surface area contributed by atoms with E-state index in [1.54, 1.807) is 31.1 Å². The minimum absolute atomic E-state index is 0.0126. The summed E-state index contributed by atoms with van der Waals surface area (Å²) in [5.74, 6) is 0.432.